The number of thioether (sulfide) groups is 1. The van der Waals surface area contributed by atoms with Gasteiger partial charge in [-0.05, 0) is 18.6 Å². The third kappa shape index (κ3) is 2.95. The highest BCUT2D eigenvalue weighted by molar-refractivity contribution is 7.98. The van der Waals surface area contributed by atoms with Crippen LogP contribution in [0.2, 0.25) is 0 Å². The summed E-state index contributed by atoms with van der Waals surface area (Å²) < 4.78 is 5.21. The second-order valence-electron chi connectivity index (χ2n) is 3.52. The standard InChI is InChI=1S/C10H19N3OS/c1-4-10(11,5-2)9-12-8(13-14-9)7-15-6-3/h4-7,11H2,1-3H3. The second kappa shape index (κ2) is 5.51. The lowest BCUT2D eigenvalue weighted by Gasteiger charge is -2.20. The first-order chi connectivity index (χ1) is 7.16. The van der Waals surface area contributed by atoms with Crippen LogP contribution < -0.4 is 5.73 Å². The van der Waals surface area contributed by atoms with E-state index in [0.717, 1.165) is 30.2 Å². The van der Waals surface area contributed by atoms with Crippen molar-refractivity contribution >= 4 is 11.8 Å². The van der Waals surface area contributed by atoms with Gasteiger partial charge >= 0.3 is 0 Å². The average molecular weight is 229 g/mol. The molecule has 5 heteroatoms. The van der Waals surface area contributed by atoms with Gasteiger partial charge < -0.3 is 10.3 Å². The molecule has 0 aliphatic carbocycles. The van der Waals surface area contributed by atoms with Crippen LogP contribution in [0.1, 0.15) is 45.3 Å². The monoisotopic (exact) mass is 229 g/mol. The minimum Gasteiger partial charge on any atom is -0.337 e. The number of rotatable bonds is 6. The molecule has 0 amide bonds. The van der Waals surface area contributed by atoms with Crippen molar-refractivity contribution in [2.75, 3.05) is 5.75 Å². The maximum Gasteiger partial charge on any atom is 0.246 e. The molecule has 0 saturated heterocycles. The first kappa shape index (κ1) is 12.5. The smallest absolute Gasteiger partial charge is 0.246 e. The highest BCUT2D eigenvalue weighted by atomic mass is 32.2. The van der Waals surface area contributed by atoms with E-state index >= 15 is 0 Å². The summed E-state index contributed by atoms with van der Waals surface area (Å²) in [7, 11) is 0. The Morgan fingerprint density at radius 3 is 2.53 bits per heavy atom. The molecule has 1 aromatic rings. The van der Waals surface area contributed by atoms with Crippen molar-refractivity contribution < 1.29 is 4.52 Å². The Morgan fingerprint density at radius 1 is 1.33 bits per heavy atom. The van der Waals surface area contributed by atoms with Crippen molar-refractivity contribution in [2.45, 2.75) is 44.9 Å². The predicted molar refractivity (Wildman–Crippen MR) is 62.6 cm³/mol. The van der Waals surface area contributed by atoms with Crippen LogP contribution in [-0.4, -0.2) is 15.9 Å². The molecule has 86 valence electrons. The molecule has 0 spiro atoms. The van der Waals surface area contributed by atoms with Crippen LogP contribution in [0.25, 0.3) is 0 Å². The Labute approximate surface area is 95.0 Å². The van der Waals surface area contributed by atoms with E-state index in [2.05, 4.69) is 17.1 Å². The lowest BCUT2D eigenvalue weighted by Crippen LogP contribution is -2.35. The van der Waals surface area contributed by atoms with Gasteiger partial charge in [0.05, 0.1) is 11.3 Å². The van der Waals surface area contributed by atoms with Crippen molar-refractivity contribution in [3.63, 3.8) is 0 Å². The van der Waals surface area contributed by atoms with Gasteiger partial charge in [0.2, 0.25) is 5.89 Å². The Hall–Kier alpha value is -0.550. The largest absolute Gasteiger partial charge is 0.337 e. The van der Waals surface area contributed by atoms with Gasteiger partial charge in [0, 0.05) is 0 Å². The van der Waals surface area contributed by atoms with Crippen LogP contribution in [0.15, 0.2) is 4.52 Å². The summed E-state index contributed by atoms with van der Waals surface area (Å²) in [4.78, 5) is 4.34. The lowest BCUT2D eigenvalue weighted by atomic mass is 9.94. The zero-order valence-electron chi connectivity index (χ0n) is 9.62. The third-order valence-electron chi connectivity index (χ3n) is 2.59. The zero-order chi connectivity index (χ0) is 11.3. The van der Waals surface area contributed by atoms with Gasteiger partial charge in [0.1, 0.15) is 0 Å². The quantitative estimate of drug-likeness (QED) is 0.810. The molecule has 0 aliphatic heterocycles. The Bertz CT molecular complexity index is 297. The number of nitrogens with zero attached hydrogens (tertiary/aromatic N) is 2. The van der Waals surface area contributed by atoms with Crippen molar-refractivity contribution in [3.8, 4) is 0 Å². The molecule has 0 bridgehead atoms. The second-order valence-corrected chi connectivity index (χ2v) is 4.79. The van der Waals surface area contributed by atoms with Gasteiger partial charge in [-0.1, -0.05) is 25.9 Å². The lowest BCUT2D eigenvalue weighted by molar-refractivity contribution is 0.267. The summed E-state index contributed by atoms with van der Waals surface area (Å²) in [5.74, 6) is 3.16. The van der Waals surface area contributed by atoms with E-state index < -0.39 is 5.54 Å². The molecule has 0 radical (unpaired) electrons. The highest BCUT2D eigenvalue weighted by Crippen LogP contribution is 2.24. The van der Waals surface area contributed by atoms with Gasteiger partial charge in [-0.3, -0.25) is 0 Å². The van der Waals surface area contributed by atoms with E-state index in [-0.39, 0.29) is 0 Å². The van der Waals surface area contributed by atoms with Crippen LogP contribution in [0.3, 0.4) is 0 Å². The van der Waals surface area contributed by atoms with Gasteiger partial charge in [-0.25, -0.2) is 0 Å². The summed E-state index contributed by atoms with van der Waals surface area (Å²) in [5.41, 5.74) is 5.70. The van der Waals surface area contributed by atoms with Crippen LogP contribution >= 0.6 is 11.8 Å². The summed E-state index contributed by atoms with van der Waals surface area (Å²) in [5, 5.41) is 3.93. The normalized spacial score (nSPS) is 12.0. The maximum atomic E-state index is 6.16. The van der Waals surface area contributed by atoms with Crippen LogP contribution in [0, 0.1) is 0 Å². The molecular weight excluding hydrogens is 210 g/mol. The average Bonchev–Trinajstić information content (AvgIpc) is 2.74. The van der Waals surface area contributed by atoms with Crippen molar-refractivity contribution in [2.24, 2.45) is 5.73 Å². The molecule has 0 fully saturated rings. The number of hydrogen-bond acceptors (Lipinski definition) is 5. The van der Waals surface area contributed by atoms with Crippen LogP contribution in [0.4, 0.5) is 0 Å². The zero-order valence-corrected chi connectivity index (χ0v) is 10.4. The fourth-order valence-electron chi connectivity index (χ4n) is 1.26. The van der Waals surface area contributed by atoms with Gasteiger partial charge in [-0.15, -0.1) is 0 Å². The van der Waals surface area contributed by atoms with Gasteiger partial charge in [-0.2, -0.15) is 16.7 Å². The minimum atomic E-state index is -0.456. The fraction of sp³-hybridized carbons (Fsp3) is 0.800. The van der Waals surface area contributed by atoms with Crippen LogP contribution in [0.5, 0.6) is 0 Å². The molecule has 1 aromatic heterocycles. The maximum absolute atomic E-state index is 6.16. The molecule has 0 atom stereocenters. The van der Waals surface area contributed by atoms with Crippen molar-refractivity contribution in [1.82, 2.24) is 10.1 Å². The molecular formula is C10H19N3OS. The number of aromatic nitrogens is 2. The van der Waals surface area contributed by atoms with E-state index in [0.29, 0.717) is 5.89 Å². The molecule has 0 aromatic carbocycles. The van der Waals surface area contributed by atoms with E-state index in [9.17, 15) is 0 Å². The van der Waals surface area contributed by atoms with Crippen LogP contribution in [-0.2, 0) is 11.3 Å². The molecule has 15 heavy (non-hydrogen) atoms. The van der Waals surface area contributed by atoms with E-state index in [1.807, 2.05) is 13.8 Å². The molecule has 1 rings (SSSR count). The SMILES string of the molecule is CCSCc1noc(C(N)(CC)CC)n1. The summed E-state index contributed by atoms with van der Waals surface area (Å²) in [6, 6.07) is 0. The van der Waals surface area contributed by atoms with E-state index in [4.69, 9.17) is 10.3 Å². The Balaban J connectivity index is 2.74. The minimum absolute atomic E-state index is 0.456. The van der Waals surface area contributed by atoms with Gasteiger partial charge in [0.15, 0.2) is 5.82 Å². The summed E-state index contributed by atoms with van der Waals surface area (Å²) in [6.07, 6.45) is 1.62. The van der Waals surface area contributed by atoms with Crippen molar-refractivity contribution in [1.29, 1.82) is 0 Å². The molecule has 2 N–H and O–H groups in total. The molecule has 0 unspecified atom stereocenters. The van der Waals surface area contributed by atoms with E-state index in [1.54, 1.807) is 11.8 Å². The fourth-order valence-corrected chi connectivity index (χ4v) is 1.76. The molecule has 0 saturated carbocycles. The summed E-state index contributed by atoms with van der Waals surface area (Å²) in [6.45, 7) is 6.18. The first-order valence-corrected chi connectivity index (χ1v) is 6.51. The molecule has 0 aliphatic rings. The molecule has 4 nitrogen and oxygen atoms in total. The van der Waals surface area contributed by atoms with Crippen molar-refractivity contribution in [3.05, 3.63) is 11.7 Å². The topological polar surface area (TPSA) is 64.9 Å². The highest BCUT2D eigenvalue weighted by Gasteiger charge is 2.29. The predicted octanol–water partition coefficient (Wildman–Crippen LogP) is 2.30. The Morgan fingerprint density at radius 2 is 2.00 bits per heavy atom. The van der Waals surface area contributed by atoms with E-state index in [1.165, 1.54) is 0 Å². The van der Waals surface area contributed by atoms with Gasteiger partial charge in [0.25, 0.3) is 0 Å². The first-order valence-electron chi connectivity index (χ1n) is 5.36. The molecule has 1 heterocycles. The number of nitrogens with two attached hydrogens (primary N) is 1. The Kier molecular flexibility index (Phi) is 4.60. The number of hydrogen-bond donors (Lipinski definition) is 1. The summed E-state index contributed by atoms with van der Waals surface area (Å²) >= 11 is 1.77. The third-order valence-corrected chi connectivity index (χ3v) is 3.46.